The van der Waals surface area contributed by atoms with E-state index in [1.54, 1.807) is 0 Å². The van der Waals surface area contributed by atoms with Gasteiger partial charge in [0.15, 0.2) is 0 Å². The lowest BCUT2D eigenvalue weighted by Crippen LogP contribution is -2.18. The summed E-state index contributed by atoms with van der Waals surface area (Å²) in [6.07, 6.45) is 9.56. The van der Waals surface area contributed by atoms with Gasteiger partial charge in [0.2, 0.25) is 5.91 Å². The van der Waals surface area contributed by atoms with Gasteiger partial charge in [-0.05, 0) is 59.9 Å². The molecule has 0 heterocycles. The molecule has 0 saturated carbocycles. The molecule has 0 spiro atoms. The number of rotatable bonds is 8. The van der Waals surface area contributed by atoms with Crippen molar-refractivity contribution < 1.29 is 4.79 Å². The van der Waals surface area contributed by atoms with E-state index in [4.69, 9.17) is 5.73 Å². The first-order chi connectivity index (χ1) is 11.6. The van der Waals surface area contributed by atoms with E-state index in [0.29, 0.717) is 5.92 Å². The quantitative estimate of drug-likeness (QED) is 0.618. The number of nitrogens with two attached hydrogens (primary N) is 1. The van der Waals surface area contributed by atoms with Gasteiger partial charge >= 0.3 is 0 Å². The maximum Gasteiger partial charge on any atom is 0.249 e. The average molecular weight is 323 g/mol. The van der Waals surface area contributed by atoms with Gasteiger partial charge < -0.3 is 5.73 Å². The molecular formula is C22H29NO. The lowest BCUT2D eigenvalue weighted by atomic mass is 9.81. The molecule has 1 amide bonds. The molecule has 0 aliphatic carbocycles. The minimum atomic E-state index is -0.306. The Balaban J connectivity index is 2.58. The molecule has 0 bridgehead atoms. The van der Waals surface area contributed by atoms with E-state index in [1.807, 2.05) is 18.2 Å². The van der Waals surface area contributed by atoms with Crippen LogP contribution in [0.2, 0.25) is 0 Å². The predicted molar refractivity (Wildman–Crippen MR) is 104 cm³/mol. The Kier molecular flexibility index (Phi) is 6.60. The van der Waals surface area contributed by atoms with Gasteiger partial charge in [0.05, 0.1) is 5.56 Å². The molecule has 2 rings (SSSR count). The van der Waals surface area contributed by atoms with Crippen LogP contribution in [0.5, 0.6) is 0 Å². The second-order valence-corrected chi connectivity index (χ2v) is 6.33. The highest BCUT2D eigenvalue weighted by Crippen LogP contribution is 2.35. The van der Waals surface area contributed by atoms with Gasteiger partial charge in [0.25, 0.3) is 0 Å². The van der Waals surface area contributed by atoms with E-state index >= 15 is 0 Å². The number of fused-ring (bicyclic) bond motifs is 1. The number of amides is 1. The Labute approximate surface area is 145 Å². The SMILES string of the molecule is CC/C=C/CCC(CC)c1c(CC)cc2ccccc2c1C(N)=O. The Bertz CT molecular complexity index is 730. The second-order valence-electron chi connectivity index (χ2n) is 6.33. The summed E-state index contributed by atoms with van der Waals surface area (Å²) >= 11 is 0. The predicted octanol–water partition coefficient (Wildman–Crippen LogP) is 5.74. The summed E-state index contributed by atoms with van der Waals surface area (Å²) < 4.78 is 0. The molecule has 0 radical (unpaired) electrons. The number of hydrogen-bond donors (Lipinski definition) is 1. The largest absolute Gasteiger partial charge is 0.366 e. The highest BCUT2D eigenvalue weighted by Gasteiger charge is 2.22. The van der Waals surface area contributed by atoms with Gasteiger partial charge in [0.1, 0.15) is 0 Å². The van der Waals surface area contributed by atoms with Gasteiger partial charge in [-0.1, -0.05) is 63.3 Å². The van der Waals surface area contributed by atoms with Crippen LogP contribution in [0.1, 0.15) is 73.9 Å². The molecule has 0 aliphatic heterocycles. The minimum Gasteiger partial charge on any atom is -0.366 e. The average Bonchev–Trinajstić information content (AvgIpc) is 2.60. The highest BCUT2D eigenvalue weighted by molar-refractivity contribution is 6.08. The van der Waals surface area contributed by atoms with Crippen LogP contribution in [0.25, 0.3) is 10.8 Å². The van der Waals surface area contributed by atoms with Gasteiger partial charge in [-0.25, -0.2) is 0 Å². The van der Waals surface area contributed by atoms with Crippen molar-refractivity contribution >= 4 is 16.7 Å². The van der Waals surface area contributed by atoms with E-state index in [0.717, 1.165) is 48.4 Å². The van der Waals surface area contributed by atoms with Gasteiger partial charge in [-0.2, -0.15) is 0 Å². The fourth-order valence-corrected chi connectivity index (χ4v) is 3.58. The third kappa shape index (κ3) is 3.87. The summed E-state index contributed by atoms with van der Waals surface area (Å²) in [5.74, 6) is 0.0626. The number of hydrogen-bond acceptors (Lipinski definition) is 1. The van der Waals surface area contributed by atoms with Crippen LogP contribution in [0.4, 0.5) is 0 Å². The molecular weight excluding hydrogens is 294 g/mol. The van der Waals surface area contributed by atoms with Crippen molar-refractivity contribution in [2.45, 2.75) is 58.8 Å². The maximum atomic E-state index is 12.3. The molecule has 0 fully saturated rings. The molecule has 1 unspecified atom stereocenters. The smallest absolute Gasteiger partial charge is 0.249 e. The van der Waals surface area contributed by atoms with Crippen LogP contribution < -0.4 is 5.73 Å². The summed E-state index contributed by atoms with van der Waals surface area (Å²) in [5.41, 5.74) is 8.99. The van der Waals surface area contributed by atoms with Crippen molar-refractivity contribution in [2.75, 3.05) is 0 Å². The van der Waals surface area contributed by atoms with Gasteiger partial charge in [-0.15, -0.1) is 0 Å². The molecule has 24 heavy (non-hydrogen) atoms. The van der Waals surface area contributed by atoms with Crippen molar-refractivity contribution in [3.05, 3.63) is 59.2 Å². The van der Waals surface area contributed by atoms with Crippen molar-refractivity contribution in [1.82, 2.24) is 0 Å². The van der Waals surface area contributed by atoms with Crippen LogP contribution in [0.15, 0.2) is 42.5 Å². The zero-order valence-electron chi connectivity index (χ0n) is 15.1. The maximum absolute atomic E-state index is 12.3. The van der Waals surface area contributed by atoms with Crippen LogP contribution in [0, 0.1) is 0 Å². The summed E-state index contributed by atoms with van der Waals surface area (Å²) in [6.45, 7) is 6.51. The fourth-order valence-electron chi connectivity index (χ4n) is 3.58. The molecule has 2 aromatic rings. The molecule has 1 atom stereocenters. The van der Waals surface area contributed by atoms with E-state index in [2.05, 4.69) is 45.1 Å². The Morgan fingerprint density at radius 3 is 2.54 bits per heavy atom. The number of allylic oxidation sites excluding steroid dienone is 2. The molecule has 0 saturated heterocycles. The molecule has 128 valence electrons. The van der Waals surface area contributed by atoms with E-state index < -0.39 is 0 Å². The lowest BCUT2D eigenvalue weighted by molar-refractivity contribution is 0.100. The van der Waals surface area contributed by atoms with Crippen molar-refractivity contribution in [3.63, 3.8) is 0 Å². The van der Waals surface area contributed by atoms with E-state index in [1.165, 1.54) is 11.1 Å². The summed E-state index contributed by atoms with van der Waals surface area (Å²) in [4.78, 5) is 12.3. The molecule has 0 aromatic heterocycles. The topological polar surface area (TPSA) is 43.1 Å². The molecule has 2 heteroatoms. The van der Waals surface area contributed by atoms with E-state index in [9.17, 15) is 4.79 Å². The van der Waals surface area contributed by atoms with Crippen LogP contribution in [0.3, 0.4) is 0 Å². The highest BCUT2D eigenvalue weighted by atomic mass is 16.1. The first-order valence-electron chi connectivity index (χ1n) is 9.13. The third-order valence-corrected chi connectivity index (χ3v) is 4.79. The Hall–Kier alpha value is -2.09. The Morgan fingerprint density at radius 1 is 1.17 bits per heavy atom. The monoisotopic (exact) mass is 323 g/mol. The van der Waals surface area contributed by atoms with Crippen LogP contribution in [-0.4, -0.2) is 5.91 Å². The van der Waals surface area contributed by atoms with Crippen LogP contribution in [-0.2, 0) is 6.42 Å². The molecule has 2 N–H and O–H groups in total. The van der Waals surface area contributed by atoms with Crippen LogP contribution >= 0.6 is 0 Å². The zero-order chi connectivity index (χ0) is 17.5. The van der Waals surface area contributed by atoms with Crippen molar-refractivity contribution in [2.24, 2.45) is 5.73 Å². The lowest BCUT2D eigenvalue weighted by Gasteiger charge is -2.23. The first kappa shape index (κ1) is 18.3. The summed E-state index contributed by atoms with van der Waals surface area (Å²) in [5, 5.41) is 2.09. The number of benzene rings is 2. The van der Waals surface area contributed by atoms with E-state index in [-0.39, 0.29) is 5.91 Å². The number of primary amides is 1. The van der Waals surface area contributed by atoms with Gasteiger partial charge in [0, 0.05) is 0 Å². The molecule has 2 aromatic carbocycles. The fraction of sp³-hybridized carbons (Fsp3) is 0.409. The number of carbonyl (C=O) groups is 1. The van der Waals surface area contributed by atoms with Gasteiger partial charge in [-0.3, -0.25) is 4.79 Å². The number of carbonyl (C=O) groups excluding carboxylic acids is 1. The standard InChI is InChI=1S/C22H29NO/c1-4-7-8-9-12-16(5-2)20-17(6-3)15-18-13-10-11-14-19(18)21(20)22(23)24/h7-8,10-11,13-16H,4-6,9,12H2,1-3H3,(H2,23,24)/b8-7+. The Morgan fingerprint density at radius 2 is 1.92 bits per heavy atom. The zero-order valence-corrected chi connectivity index (χ0v) is 15.1. The minimum absolute atomic E-state index is 0.306. The third-order valence-electron chi connectivity index (χ3n) is 4.79. The summed E-state index contributed by atoms with van der Waals surface area (Å²) in [6, 6.07) is 10.3. The normalized spacial score (nSPS) is 12.8. The first-order valence-corrected chi connectivity index (χ1v) is 9.13. The van der Waals surface area contributed by atoms with Crippen molar-refractivity contribution in [3.8, 4) is 0 Å². The summed E-state index contributed by atoms with van der Waals surface area (Å²) in [7, 11) is 0. The molecule has 2 nitrogen and oxygen atoms in total. The van der Waals surface area contributed by atoms with Crippen molar-refractivity contribution in [1.29, 1.82) is 0 Å². The second kappa shape index (κ2) is 8.68. The number of aryl methyl sites for hydroxylation is 1. The molecule has 0 aliphatic rings.